The van der Waals surface area contributed by atoms with Gasteiger partial charge in [-0.25, -0.2) is 4.79 Å². The van der Waals surface area contributed by atoms with E-state index in [9.17, 15) is 34.5 Å². The van der Waals surface area contributed by atoms with Gasteiger partial charge < -0.3 is 20.1 Å². The number of ketones is 2. The standard InChI is InChI=1S/C32H46O8/c1-16(10-9-11-17(2)28(38)39)19-14-23(36)32(8)24-20(34)15-21-29(4,5)22(35)12-13-30(21,6)25(24)26(37)27(31(19,32)7)40-18(3)33/h11,16,19-22,27,34-35H,9-10,12-15H2,1-8H3,(H,38,39). The predicted octanol–water partition coefficient (Wildman–Crippen LogP) is 4.41. The number of fused-ring (bicyclic) bond motifs is 4. The molecule has 8 heteroatoms. The van der Waals surface area contributed by atoms with Gasteiger partial charge in [-0.05, 0) is 80.1 Å². The maximum atomic E-state index is 14.6. The van der Waals surface area contributed by atoms with Crippen LogP contribution >= 0.6 is 0 Å². The molecule has 9 atom stereocenters. The Balaban J connectivity index is 1.88. The molecule has 0 amide bonds. The van der Waals surface area contributed by atoms with Crippen LogP contribution in [0.3, 0.4) is 0 Å². The van der Waals surface area contributed by atoms with Gasteiger partial charge in [0.2, 0.25) is 5.78 Å². The van der Waals surface area contributed by atoms with Crippen molar-refractivity contribution in [1.82, 2.24) is 0 Å². The van der Waals surface area contributed by atoms with E-state index in [1.54, 1.807) is 13.0 Å². The number of hydrogen-bond donors (Lipinski definition) is 3. The zero-order valence-electron chi connectivity index (χ0n) is 25.2. The minimum atomic E-state index is -1.23. The molecule has 8 nitrogen and oxygen atoms in total. The molecule has 9 unspecified atom stereocenters. The van der Waals surface area contributed by atoms with Crippen LogP contribution in [-0.4, -0.2) is 57.1 Å². The van der Waals surface area contributed by atoms with E-state index in [0.29, 0.717) is 43.3 Å². The molecule has 0 aromatic carbocycles. The largest absolute Gasteiger partial charge is 0.478 e. The number of aliphatic hydroxyl groups excluding tert-OH is 2. The lowest BCUT2D eigenvalue weighted by Crippen LogP contribution is -2.65. The second-order valence-corrected chi connectivity index (χ2v) is 14.1. The van der Waals surface area contributed by atoms with Crippen molar-refractivity contribution in [2.45, 2.75) is 112 Å². The number of Topliss-reactive ketones (excluding diaryl/α,β-unsaturated/α-hetero) is 2. The number of aliphatic hydroxyl groups is 2. The number of rotatable bonds is 6. The average Bonchev–Trinajstić information content (AvgIpc) is 3.07. The Bertz CT molecular complexity index is 1200. The normalized spacial score (nSPS) is 41.6. The number of carbonyl (C=O) groups is 4. The summed E-state index contributed by atoms with van der Waals surface area (Å²) < 4.78 is 5.88. The Morgan fingerprint density at radius 1 is 1.10 bits per heavy atom. The lowest BCUT2D eigenvalue weighted by atomic mass is 9.42. The third-order valence-electron chi connectivity index (χ3n) is 11.9. The molecule has 0 spiro atoms. The smallest absolute Gasteiger partial charge is 0.330 e. The Morgan fingerprint density at radius 3 is 2.30 bits per heavy atom. The molecule has 3 N–H and O–H groups in total. The van der Waals surface area contributed by atoms with Crippen molar-refractivity contribution < 1.29 is 39.2 Å². The molecule has 2 fully saturated rings. The average molecular weight is 559 g/mol. The maximum Gasteiger partial charge on any atom is 0.330 e. The quantitative estimate of drug-likeness (QED) is 0.322. The van der Waals surface area contributed by atoms with Crippen LogP contribution in [0.25, 0.3) is 0 Å². The molecular weight excluding hydrogens is 512 g/mol. The fourth-order valence-electron chi connectivity index (χ4n) is 9.28. The van der Waals surface area contributed by atoms with Crippen LogP contribution in [0, 0.1) is 39.4 Å². The van der Waals surface area contributed by atoms with Crippen molar-refractivity contribution in [3.63, 3.8) is 0 Å². The van der Waals surface area contributed by atoms with E-state index in [2.05, 4.69) is 0 Å². The summed E-state index contributed by atoms with van der Waals surface area (Å²) in [4.78, 5) is 52.5. The third kappa shape index (κ3) is 4.07. The van der Waals surface area contributed by atoms with E-state index < -0.39 is 51.9 Å². The molecule has 4 aliphatic rings. The number of ether oxygens (including phenoxy) is 1. The summed E-state index contributed by atoms with van der Waals surface area (Å²) in [5, 5.41) is 31.9. The number of esters is 1. The number of hydrogen-bond acceptors (Lipinski definition) is 7. The first-order valence-electron chi connectivity index (χ1n) is 14.6. The second-order valence-electron chi connectivity index (χ2n) is 14.1. The third-order valence-corrected chi connectivity index (χ3v) is 11.9. The van der Waals surface area contributed by atoms with Crippen molar-refractivity contribution in [3.05, 3.63) is 22.8 Å². The topological polar surface area (TPSA) is 138 Å². The summed E-state index contributed by atoms with van der Waals surface area (Å²) >= 11 is 0. The first-order chi connectivity index (χ1) is 18.4. The Morgan fingerprint density at radius 2 is 1.73 bits per heavy atom. The summed E-state index contributed by atoms with van der Waals surface area (Å²) in [7, 11) is 0. The summed E-state index contributed by atoms with van der Waals surface area (Å²) in [5.41, 5.74) is -2.43. The highest BCUT2D eigenvalue weighted by molar-refractivity contribution is 6.08. The molecule has 0 radical (unpaired) electrons. The summed E-state index contributed by atoms with van der Waals surface area (Å²) in [6.07, 6.45) is 1.47. The van der Waals surface area contributed by atoms with Crippen molar-refractivity contribution in [2.24, 2.45) is 39.4 Å². The monoisotopic (exact) mass is 558 g/mol. The minimum absolute atomic E-state index is 0.0718. The number of carboxylic acids is 1. The van der Waals surface area contributed by atoms with Crippen molar-refractivity contribution >= 4 is 23.5 Å². The van der Waals surface area contributed by atoms with Crippen LogP contribution in [-0.2, 0) is 23.9 Å². The van der Waals surface area contributed by atoms with E-state index in [1.165, 1.54) is 6.92 Å². The van der Waals surface area contributed by atoms with E-state index in [0.717, 1.165) is 0 Å². The highest BCUT2D eigenvalue weighted by atomic mass is 16.5. The predicted molar refractivity (Wildman–Crippen MR) is 148 cm³/mol. The highest BCUT2D eigenvalue weighted by Gasteiger charge is 2.74. The van der Waals surface area contributed by atoms with Gasteiger partial charge in [0.25, 0.3) is 0 Å². The molecule has 0 aromatic heterocycles. The van der Waals surface area contributed by atoms with Gasteiger partial charge in [-0.3, -0.25) is 14.4 Å². The molecule has 0 bridgehead atoms. The molecule has 0 aromatic rings. The zero-order chi connectivity index (χ0) is 30.2. The lowest BCUT2D eigenvalue weighted by Gasteiger charge is -2.62. The van der Waals surface area contributed by atoms with Gasteiger partial charge in [0, 0.05) is 29.9 Å². The fraction of sp³-hybridized carbons (Fsp3) is 0.750. The minimum Gasteiger partial charge on any atom is -0.478 e. The van der Waals surface area contributed by atoms with Gasteiger partial charge in [0.1, 0.15) is 5.78 Å². The fourth-order valence-corrected chi connectivity index (χ4v) is 9.28. The maximum absolute atomic E-state index is 14.6. The number of aliphatic carboxylic acids is 1. The number of carbonyl (C=O) groups excluding carboxylic acids is 3. The van der Waals surface area contributed by atoms with Crippen LogP contribution in [0.4, 0.5) is 0 Å². The first kappa shape index (κ1) is 30.6. The van der Waals surface area contributed by atoms with Crippen molar-refractivity contribution in [3.8, 4) is 0 Å². The summed E-state index contributed by atoms with van der Waals surface area (Å²) in [6, 6.07) is 0. The van der Waals surface area contributed by atoms with Crippen molar-refractivity contribution in [1.29, 1.82) is 0 Å². The Kier molecular flexibility index (Phi) is 7.58. The molecule has 2 saturated carbocycles. The first-order valence-corrected chi connectivity index (χ1v) is 14.6. The lowest BCUT2D eigenvalue weighted by molar-refractivity contribution is -0.178. The van der Waals surface area contributed by atoms with Gasteiger partial charge in [-0.2, -0.15) is 0 Å². The van der Waals surface area contributed by atoms with Gasteiger partial charge >= 0.3 is 11.9 Å². The van der Waals surface area contributed by atoms with E-state index in [4.69, 9.17) is 4.74 Å². The van der Waals surface area contributed by atoms with Gasteiger partial charge in [0.15, 0.2) is 6.10 Å². The van der Waals surface area contributed by atoms with E-state index >= 15 is 0 Å². The van der Waals surface area contributed by atoms with Gasteiger partial charge in [-0.1, -0.05) is 40.7 Å². The summed E-state index contributed by atoms with van der Waals surface area (Å²) in [5.74, 6) is -2.61. The number of carboxylic acid groups (broad SMARTS) is 1. The molecule has 4 aliphatic carbocycles. The van der Waals surface area contributed by atoms with Gasteiger partial charge in [0.05, 0.1) is 17.6 Å². The van der Waals surface area contributed by atoms with Crippen LogP contribution in [0.5, 0.6) is 0 Å². The van der Waals surface area contributed by atoms with Crippen LogP contribution in [0.1, 0.15) is 93.9 Å². The highest BCUT2D eigenvalue weighted by Crippen LogP contribution is 2.71. The Labute approximate surface area is 237 Å². The molecule has 0 saturated heterocycles. The summed E-state index contributed by atoms with van der Waals surface area (Å²) in [6.45, 7) is 14.5. The van der Waals surface area contributed by atoms with Gasteiger partial charge in [-0.15, -0.1) is 0 Å². The SMILES string of the molecule is CC(=O)OC1C(=O)C2=C(C(O)CC3C2(C)CCC(O)C3(C)C)C2(C)C(=O)CC(C(C)CCC=C(C)C(=O)O)C12C. The van der Waals surface area contributed by atoms with E-state index in [1.807, 2.05) is 41.5 Å². The van der Waals surface area contributed by atoms with Crippen LogP contribution < -0.4 is 0 Å². The molecular formula is C32H46O8. The second kappa shape index (κ2) is 9.90. The molecule has 222 valence electrons. The van der Waals surface area contributed by atoms with Crippen LogP contribution in [0.2, 0.25) is 0 Å². The zero-order valence-corrected chi connectivity index (χ0v) is 25.2. The molecule has 4 rings (SSSR count). The van der Waals surface area contributed by atoms with Crippen LogP contribution in [0.15, 0.2) is 22.8 Å². The van der Waals surface area contributed by atoms with Crippen molar-refractivity contribution in [2.75, 3.05) is 0 Å². The molecule has 0 heterocycles. The molecule has 40 heavy (non-hydrogen) atoms. The molecule has 0 aliphatic heterocycles. The number of allylic oxidation sites excluding steroid dienone is 1. The van der Waals surface area contributed by atoms with E-state index in [-0.39, 0.29) is 41.3 Å². The Hall–Kier alpha value is -2.32.